The molecule has 0 rings (SSSR count). The van der Waals surface area contributed by atoms with Gasteiger partial charge in [0.15, 0.2) is 0 Å². The number of hydrogen-bond acceptors (Lipinski definition) is 4. The molecule has 0 aromatic heterocycles. The Bertz CT molecular complexity index is 341. The van der Waals surface area contributed by atoms with Crippen molar-refractivity contribution in [3.8, 4) is 0 Å². The molecule has 0 fully saturated rings. The molecular weight excluding hydrogens is 316 g/mol. The maximum atomic E-state index is 11.1. The summed E-state index contributed by atoms with van der Waals surface area (Å²) < 4.78 is 10.5. The van der Waals surface area contributed by atoms with Crippen LogP contribution in [0.3, 0.4) is 0 Å². The largest absolute Gasteiger partial charge is 0.463 e. The lowest BCUT2D eigenvalue weighted by molar-refractivity contribution is -0.147. The lowest BCUT2D eigenvalue weighted by Gasteiger charge is -2.15. The molecule has 25 heavy (non-hydrogen) atoms. The van der Waals surface area contributed by atoms with Crippen molar-refractivity contribution in [2.45, 2.75) is 123 Å². The van der Waals surface area contributed by atoms with E-state index < -0.39 is 0 Å². The fraction of sp³-hybridized carbons (Fsp3) is 0.905. The van der Waals surface area contributed by atoms with E-state index in [0.29, 0.717) is 0 Å². The van der Waals surface area contributed by atoms with Gasteiger partial charge >= 0.3 is 11.9 Å². The molecular formula is C21H40O4. The zero-order valence-corrected chi connectivity index (χ0v) is 17.0. The van der Waals surface area contributed by atoms with E-state index in [0.717, 1.165) is 38.5 Å². The van der Waals surface area contributed by atoms with E-state index in [9.17, 15) is 9.59 Å². The summed E-state index contributed by atoms with van der Waals surface area (Å²) in [4.78, 5) is 21.9. The molecule has 4 nitrogen and oxygen atoms in total. The summed E-state index contributed by atoms with van der Waals surface area (Å²) in [5.74, 6) is -0.331. The van der Waals surface area contributed by atoms with Crippen LogP contribution in [-0.4, -0.2) is 24.1 Å². The lowest BCUT2D eigenvalue weighted by Crippen LogP contribution is -2.15. The third kappa shape index (κ3) is 17.6. The van der Waals surface area contributed by atoms with Crippen LogP contribution in [0.4, 0.5) is 0 Å². The molecule has 0 saturated carbocycles. The Morgan fingerprint density at radius 2 is 1.12 bits per heavy atom. The minimum absolute atomic E-state index is 0.0565. The van der Waals surface area contributed by atoms with Crippen LogP contribution < -0.4 is 0 Å². The van der Waals surface area contributed by atoms with E-state index in [1.807, 2.05) is 6.92 Å². The molecule has 0 amide bonds. The summed E-state index contributed by atoms with van der Waals surface area (Å²) in [6.45, 7) is 7.07. The van der Waals surface area contributed by atoms with Crippen LogP contribution in [0.15, 0.2) is 0 Å². The highest BCUT2D eigenvalue weighted by molar-refractivity contribution is 5.66. The minimum Gasteiger partial charge on any atom is -0.463 e. The summed E-state index contributed by atoms with van der Waals surface area (Å²) in [5.41, 5.74) is 0. The van der Waals surface area contributed by atoms with Gasteiger partial charge in [0, 0.05) is 13.8 Å². The van der Waals surface area contributed by atoms with Crippen LogP contribution in [0, 0.1) is 0 Å². The Hall–Kier alpha value is -1.06. The van der Waals surface area contributed by atoms with Gasteiger partial charge in [-0.25, -0.2) is 0 Å². The van der Waals surface area contributed by atoms with Crippen molar-refractivity contribution >= 4 is 11.9 Å². The van der Waals surface area contributed by atoms with Crippen molar-refractivity contribution in [2.24, 2.45) is 0 Å². The Kier molecular flexibility index (Phi) is 15.7. The first kappa shape index (κ1) is 23.9. The van der Waals surface area contributed by atoms with Gasteiger partial charge in [-0.1, -0.05) is 58.3 Å². The Morgan fingerprint density at radius 3 is 1.56 bits per heavy atom. The van der Waals surface area contributed by atoms with Crippen LogP contribution in [0.5, 0.6) is 0 Å². The predicted molar refractivity (Wildman–Crippen MR) is 102 cm³/mol. The number of carbonyl (C=O) groups is 2. The molecule has 0 unspecified atom stereocenters. The molecule has 0 spiro atoms. The fourth-order valence-corrected chi connectivity index (χ4v) is 3.20. The summed E-state index contributed by atoms with van der Waals surface area (Å²) in [6, 6.07) is 0. The quantitative estimate of drug-likeness (QED) is 0.253. The average Bonchev–Trinajstić information content (AvgIpc) is 2.51. The molecule has 0 aromatic rings. The molecule has 0 aliphatic heterocycles. The number of unbranched alkanes of at least 4 members (excludes halogenated alkanes) is 8. The summed E-state index contributed by atoms with van der Waals surface area (Å²) in [5, 5.41) is 0. The second-order valence-corrected chi connectivity index (χ2v) is 7.20. The second-order valence-electron chi connectivity index (χ2n) is 7.20. The van der Waals surface area contributed by atoms with Gasteiger partial charge in [-0.2, -0.15) is 0 Å². The van der Waals surface area contributed by atoms with E-state index in [2.05, 4.69) is 6.92 Å². The van der Waals surface area contributed by atoms with Crippen LogP contribution in [-0.2, 0) is 19.1 Å². The second kappa shape index (κ2) is 16.4. The molecule has 0 N–H and O–H groups in total. The molecule has 2 atom stereocenters. The highest BCUT2D eigenvalue weighted by atomic mass is 16.5. The van der Waals surface area contributed by atoms with E-state index in [4.69, 9.17) is 9.47 Å². The Labute approximate surface area is 155 Å². The number of carbonyl (C=O) groups excluding carboxylic acids is 2. The zero-order valence-electron chi connectivity index (χ0n) is 17.0. The van der Waals surface area contributed by atoms with Gasteiger partial charge in [0.25, 0.3) is 0 Å². The smallest absolute Gasteiger partial charge is 0.302 e. The van der Waals surface area contributed by atoms with Crippen molar-refractivity contribution in [2.75, 3.05) is 0 Å². The first-order valence-electron chi connectivity index (χ1n) is 10.3. The van der Waals surface area contributed by atoms with Crippen LogP contribution in [0.2, 0.25) is 0 Å². The Morgan fingerprint density at radius 1 is 0.680 bits per heavy atom. The van der Waals surface area contributed by atoms with E-state index in [1.54, 1.807) is 0 Å². The van der Waals surface area contributed by atoms with Crippen molar-refractivity contribution in [3.63, 3.8) is 0 Å². The summed E-state index contributed by atoms with van der Waals surface area (Å²) in [6.07, 6.45) is 15.4. The van der Waals surface area contributed by atoms with Gasteiger partial charge in [0.05, 0.1) is 6.10 Å². The molecule has 4 heteroatoms. The SMILES string of the molecule is CCC[C@@H](CCCCCCCCCCC[C@H](C)OC(C)=O)OC(C)=O. The standard InChI is InChI=1S/C21H40O4/c1-5-15-21(25-20(4)23)17-14-12-10-8-6-7-9-11-13-16-18(2)24-19(3)22/h18,21H,5-17H2,1-4H3/t18-,21-/m0/s1. The molecule has 0 aliphatic carbocycles. The highest BCUT2D eigenvalue weighted by Crippen LogP contribution is 2.15. The van der Waals surface area contributed by atoms with Gasteiger partial charge in [-0.15, -0.1) is 0 Å². The normalized spacial score (nSPS) is 13.3. The average molecular weight is 357 g/mol. The van der Waals surface area contributed by atoms with Crippen molar-refractivity contribution in [1.29, 1.82) is 0 Å². The first-order chi connectivity index (χ1) is 12.0. The molecule has 148 valence electrons. The maximum Gasteiger partial charge on any atom is 0.302 e. The van der Waals surface area contributed by atoms with Gasteiger partial charge in [-0.3, -0.25) is 9.59 Å². The zero-order chi connectivity index (χ0) is 18.9. The number of hydrogen-bond donors (Lipinski definition) is 0. The number of rotatable bonds is 16. The van der Waals surface area contributed by atoms with Gasteiger partial charge in [0.2, 0.25) is 0 Å². The third-order valence-electron chi connectivity index (χ3n) is 4.45. The number of ether oxygens (including phenoxy) is 2. The predicted octanol–water partition coefficient (Wildman–Crippen LogP) is 5.96. The van der Waals surface area contributed by atoms with Gasteiger partial charge in [0.1, 0.15) is 6.10 Å². The lowest BCUT2D eigenvalue weighted by atomic mass is 10.0. The Balaban J connectivity index is 3.38. The molecule has 0 aromatic carbocycles. The van der Waals surface area contributed by atoms with Crippen LogP contribution >= 0.6 is 0 Å². The monoisotopic (exact) mass is 356 g/mol. The van der Waals surface area contributed by atoms with E-state index in [-0.39, 0.29) is 24.1 Å². The fourth-order valence-electron chi connectivity index (χ4n) is 3.20. The minimum atomic E-state index is -0.179. The number of esters is 2. The molecule has 0 heterocycles. The summed E-state index contributed by atoms with van der Waals surface area (Å²) in [7, 11) is 0. The highest BCUT2D eigenvalue weighted by Gasteiger charge is 2.10. The van der Waals surface area contributed by atoms with Gasteiger partial charge in [-0.05, 0) is 39.0 Å². The van der Waals surface area contributed by atoms with Gasteiger partial charge < -0.3 is 9.47 Å². The van der Waals surface area contributed by atoms with Crippen LogP contribution in [0.25, 0.3) is 0 Å². The summed E-state index contributed by atoms with van der Waals surface area (Å²) >= 11 is 0. The molecule has 0 bridgehead atoms. The third-order valence-corrected chi connectivity index (χ3v) is 4.45. The topological polar surface area (TPSA) is 52.6 Å². The first-order valence-corrected chi connectivity index (χ1v) is 10.3. The molecule has 0 saturated heterocycles. The van der Waals surface area contributed by atoms with Crippen LogP contribution in [0.1, 0.15) is 111 Å². The van der Waals surface area contributed by atoms with Crippen molar-refractivity contribution in [3.05, 3.63) is 0 Å². The van der Waals surface area contributed by atoms with Crippen molar-refractivity contribution < 1.29 is 19.1 Å². The van der Waals surface area contributed by atoms with E-state index >= 15 is 0 Å². The molecule has 0 aliphatic rings. The van der Waals surface area contributed by atoms with E-state index in [1.165, 1.54) is 58.8 Å². The van der Waals surface area contributed by atoms with Crippen molar-refractivity contribution in [1.82, 2.24) is 0 Å². The maximum absolute atomic E-state index is 11.1. The molecule has 0 radical (unpaired) electrons.